The molecule has 0 aromatic rings. The van der Waals surface area contributed by atoms with Crippen LogP contribution in [-0.2, 0) is 112 Å². The van der Waals surface area contributed by atoms with Crippen LogP contribution in [0.5, 0.6) is 0 Å². The van der Waals surface area contributed by atoms with Gasteiger partial charge in [0.05, 0.1) is 0 Å². The Morgan fingerprint density at radius 1 is 0.346 bits per heavy atom. The first-order chi connectivity index (χ1) is 8.66. The van der Waals surface area contributed by atoms with Crippen LogP contribution in [0.4, 0.5) is 0 Å². The largest absolute Gasteiger partial charge is 5.00 e. The molecule has 0 atom stereocenters. The summed E-state index contributed by atoms with van der Waals surface area (Å²) in [7, 11) is -18.1. The Kier molecular flexibility index (Phi) is 171. The normalized spacial score (nSPS) is 4.62. The molecule has 0 amide bonds. The third kappa shape index (κ3) is 2550. The van der Waals surface area contributed by atoms with E-state index >= 15 is 0 Å². The fourth-order valence-electron chi connectivity index (χ4n) is 0. The van der Waals surface area contributed by atoms with Crippen LogP contribution in [0.15, 0.2) is 0 Å². The van der Waals surface area contributed by atoms with Crippen LogP contribution < -0.4 is 48.0 Å². The molecule has 0 saturated carbocycles. The van der Waals surface area contributed by atoms with Crippen LogP contribution in [0.3, 0.4) is 0 Å². The maximum absolute atomic E-state index is 8.52. The minimum absolute atomic E-state index is 0. The average Bonchev–Trinajstić information content (AvgIpc) is 1.94. The van der Waals surface area contributed by atoms with Gasteiger partial charge in [0.15, 0.2) is 0 Å². The molecule has 0 aromatic carbocycles. The zero-order chi connectivity index (χ0) is 17.9. The van der Waals surface area contributed by atoms with E-state index in [-0.39, 0.29) is 137 Å². The van der Waals surface area contributed by atoms with Gasteiger partial charge in [0.25, 0.3) is 0 Å². The number of hydrogen-bond donors (Lipinski definition) is 0. The molecule has 26 heteroatoms. The number of rotatable bonds is 0. The summed E-state index contributed by atoms with van der Waals surface area (Å²) in [6.45, 7) is 0. The van der Waals surface area contributed by atoms with E-state index in [1.807, 2.05) is 0 Å². The van der Waals surface area contributed by atoms with E-state index in [1.165, 1.54) is 0 Å². The van der Waals surface area contributed by atoms with Crippen LogP contribution >= 0.6 is 0 Å². The van der Waals surface area contributed by atoms with Crippen molar-refractivity contribution in [2.24, 2.45) is 0 Å². The molecule has 0 rings (SSSR count). The Balaban J connectivity index is -0.0000000114. The topological polar surface area (TPSA) is 316 Å². The van der Waals surface area contributed by atoms with Gasteiger partial charge in [-0.3, -0.25) is 0 Å². The van der Waals surface area contributed by atoms with Gasteiger partial charge >= 0.3 is 37.1 Å². The molecule has 0 spiro atoms. The Labute approximate surface area is 249 Å². The van der Waals surface area contributed by atoms with E-state index in [9.17, 15) is 0 Å². The van der Waals surface area contributed by atoms with E-state index < -0.39 is 45.9 Å². The molecule has 0 bridgehead atoms. The van der Waals surface area contributed by atoms with E-state index in [2.05, 4.69) is 0 Å². The molecule has 0 aliphatic rings. The molecule has 136 valence electrons. The molecule has 0 N–H and O–H groups in total. The average molecular weight is 902 g/mol. The van der Waals surface area contributed by atoms with Gasteiger partial charge in [-0.15, -0.1) is 0 Å². The molecule has 0 aliphatic carbocycles. The van der Waals surface area contributed by atoms with Gasteiger partial charge in [-0.05, 0) is 0 Å². The maximum Gasteiger partial charge on any atom is 5.00 e. The third-order valence-corrected chi connectivity index (χ3v) is 0. The second-order valence-corrected chi connectivity index (χ2v) is 3.75. The smallest absolute Gasteiger partial charge is 0.672 e. The van der Waals surface area contributed by atoms with Crippen LogP contribution in [0.2, 0.25) is 0 Å². The molecule has 15 nitrogen and oxygen atoms in total. The van der Waals surface area contributed by atoms with Crippen molar-refractivity contribution in [2.45, 2.75) is 0 Å². The molecule has 0 fully saturated rings. The van der Waals surface area contributed by atoms with Crippen molar-refractivity contribution in [1.29, 1.82) is 0 Å². The minimum atomic E-state index is -3.63. The van der Waals surface area contributed by atoms with Crippen LogP contribution in [0, 0.1) is 0 Å². The molecule has 0 unspecified atom stereocenters. The van der Waals surface area contributed by atoms with E-state index in [0.717, 1.165) is 0 Å². The van der Waals surface area contributed by atoms with Gasteiger partial charge in [-0.2, -0.15) is 0 Å². The van der Waals surface area contributed by atoms with Crippen molar-refractivity contribution in [3.63, 3.8) is 0 Å². The Morgan fingerprint density at radius 2 is 0.346 bits per heavy atom. The molecular formula is O15Si5Sn2V2Zr2. The van der Waals surface area contributed by atoms with E-state index in [1.54, 1.807) is 0 Å². The SMILES string of the molecule is O=[Si]([O-])[O-].O=[Si]([O-])[O-].O=[Si]([O-])[O-].O=[Si]([O-])[O-].O=[Si]([O-])[O-].[Sn].[Sn].[V+5].[V+5].[Zr].[Zr]. The van der Waals surface area contributed by atoms with Gasteiger partial charge in [-0.1, -0.05) is 0 Å². The summed E-state index contributed by atoms with van der Waals surface area (Å²) in [6, 6.07) is 0. The minimum Gasteiger partial charge on any atom is -0.672 e. The van der Waals surface area contributed by atoms with Crippen molar-refractivity contribution in [2.75, 3.05) is 0 Å². The van der Waals surface area contributed by atoms with E-state index in [0.29, 0.717) is 0 Å². The van der Waals surface area contributed by atoms with Crippen LogP contribution in [0.25, 0.3) is 0 Å². The van der Waals surface area contributed by atoms with Crippen LogP contribution in [0.1, 0.15) is 0 Å². The predicted molar refractivity (Wildman–Crippen MR) is 43.7 cm³/mol. The summed E-state index contributed by atoms with van der Waals surface area (Å²) in [4.78, 5) is 85.2. The standard InChI is InChI=1S/5O3Si.2Sn.2V.2Zr/c5*1-4(2)3;;;;;;/q5*-2;;;2*+5;;. The summed E-state index contributed by atoms with van der Waals surface area (Å²) in [5, 5.41) is 0. The van der Waals surface area contributed by atoms with Crippen molar-refractivity contribution in [1.82, 2.24) is 0 Å². The fraction of sp³-hybridized carbons (Fsp3) is 0. The second-order valence-electron chi connectivity index (χ2n) is 1.25. The fourth-order valence-corrected chi connectivity index (χ4v) is 0. The van der Waals surface area contributed by atoms with Crippen molar-refractivity contribution >= 4 is 93.7 Å². The summed E-state index contributed by atoms with van der Waals surface area (Å²) in [5.41, 5.74) is 0. The van der Waals surface area contributed by atoms with Gasteiger partial charge in [0, 0.05) is 146 Å². The second kappa shape index (κ2) is 63.0. The zero-order valence-electron chi connectivity index (χ0n) is 11.5. The first-order valence-electron chi connectivity index (χ1n) is 3.06. The summed E-state index contributed by atoms with van der Waals surface area (Å²) in [6.07, 6.45) is 0. The first kappa shape index (κ1) is 70.3. The zero-order valence-corrected chi connectivity index (χ0v) is 29.9. The Morgan fingerprint density at radius 3 is 0.346 bits per heavy atom. The Bertz CT molecular complexity index is 231. The van der Waals surface area contributed by atoms with Crippen LogP contribution in [-0.4, -0.2) is 93.7 Å². The molecule has 0 aromatic heterocycles. The van der Waals surface area contributed by atoms with Crippen molar-refractivity contribution in [3.8, 4) is 0 Å². The van der Waals surface area contributed by atoms with Gasteiger partial charge in [0.2, 0.25) is 0 Å². The molecular weight excluding hydrogens is 902 g/mol. The third-order valence-electron chi connectivity index (χ3n) is 0. The van der Waals surface area contributed by atoms with Gasteiger partial charge in [-0.25, -0.2) is 0 Å². The van der Waals surface area contributed by atoms with Crippen molar-refractivity contribution in [3.05, 3.63) is 0 Å². The summed E-state index contributed by atoms with van der Waals surface area (Å²) in [5.74, 6) is 0. The monoisotopic (exact) mass is 901 g/mol. The molecule has 26 heavy (non-hydrogen) atoms. The van der Waals surface area contributed by atoms with E-state index in [4.69, 9.17) is 70.3 Å². The first-order valence-corrected chi connectivity index (χ1v) is 9.19. The van der Waals surface area contributed by atoms with Gasteiger partial charge in [0.1, 0.15) is 0 Å². The molecule has 0 saturated heterocycles. The molecule has 8 radical (unpaired) electrons. The maximum atomic E-state index is 8.52. The molecule has 0 heterocycles. The predicted octanol–water partition coefficient (Wildman–Crippen LogP) is -15.2. The number of hydrogen-bond acceptors (Lipinski definition) is 15. The summed E-state index contributed by atoms with van der Waals surface area (Å²) >= 11 is 0. The van der Waals surface area contributed by atoms with Crippen molar-refractivity contribution < 1.29 is 160 Å². The molecule has 0 aliphatic heterocycles. The quantitative estimate of drug-likeness (QED) is 0.204. The summed E-state index contributed by atoms with van der Waals surface area (Å²) < 4.78 is 42.6. The van der Waals surface area contributed by atoms with Gasteiger partial charge < -0.3 is 70.3 Å². The Hall–Kier alpha value is 2.62.